The quantitative estimate of drug-likeness (QED) is 0.740. The van der Waals surface area contributed by atoms with Crippen molar-refractivity contribution in [1.82, 2.24) is 4.98 Å². The summed E-state index contributed by atoms with van der Waals surface area (Å²) in [4.78, 5) is 5.54. The van der Waals surface area contributed by atoms with E-state index in [1.165, 1.54) is 0 Å². The maximum atomic E-state index is 5.35. The number of nitrogens with zero attached hydrogens (tertiary/aromatic N) is 3. The van der Waals surface area contributed by atoms with Gasteiger partial charge in [-0.2, -0.15) is 0 Å². The zero-order valence-electron chi connectivity index (χ0n) is 10.7. The number of aromatic nitrogens is 1. The highest BCUT2D eigenvalue weighted by atomic mass is 32.2. The van der Waals surface area contributed by atoms with Crippen LogP contribution in [0.1, 0.15) is 31.9 Å². The highest BCUT2D eigenvalue weighted by Gasteiger charge is 2.50. The lowest BCUT2D eigenvalue weighted by Gasteiger charge is -2.37. The van der Waals surface area contributed by atoms with E-state index in [0.29, 0.717) is 0 Å². The second kappa shape index (κ2) is 3.66. The van der Waals surface area contributed by atoms with Crippen molar-refractivity contribution < 1.29 is 8.57 Å². The number of oxime groups is 2. The average Bonchev–Trinajstić information content (AvgIpc) is 2.96. The van der Waals surface area contributed by atoms with E-state index in [2.05, 4.69) is 29.1 Å². The first kappa shape index (κ1) is 11.2. The topological polar surface area (TPSA) is 56.1 Å². The predicted molar refractivity (Wildman–Crippen MR) is 75.0 cm³/mol. The molecule has 19 heavy (non-hydrogen) atoms. The molecule has 1 saturated carbocycles. The molecule has 1 fully saturated rings. The molecular weight excluding hydrogens is 262 g/mol. The predicted octanol–water partition coefficient (Wildman–Crippen LogP) is 2.64. The Hall–Kier alpha value is -1.69. The molecule has 0 saturated heterocycles. The van der Waals surface area contributed by atoms with Crippen molar-refractivity contribution in [3.05, 3.63) is 30.1 Å². The van der Waals surface area contributed by atoms with Gasteiger partial charge < -0.3 is 0 Å². The van der Waals surface area contributed by atoms with Gasteiger partial charge in [-0.05, 0) is 17.5 Å². The summed E-state index contributed by atoms with van der Waals surface area (Å²) in [5, 5.41) is 8.37. The van der Waals surface area contributed by atoms with Gasteiger partial charge in [-0.25, -0.2) is 0 Å². The first-order valence-electron chi connectivity index (χ1n) is 6.19. The van der Waals surface area contributed by atoms with Crippen molar-refractivity contribution in [2.24, 2.45) is 15.7 Å². The van der Waals surface area contributed by atoms with Crippen molar-refractivity contribution in [2.45, 2.75) is 26.2 Å². The number of pyridine rings is 1. The van der Waals surface area contributed by atoms with Crippen LogP contribution in [-0.2, 0) is 8.57 Å². The molecule has 98 valence electrons. The molecule has 2 unspecified atom stereocenters. The Labute approximate surface area is 113 Å². The Bertz CT molecular complexity index is 649. The molecule has 0 radical (unpaired) electrons. The highest BCUT2D eigenvalue weighted by Crippen LogP contribution is 2.49. The van der Waals surface area contributed by atoms with Gasteiger partial charge in [-0.1, -0.05) is 30.2 Å². The summed E-state index contributed by atoms with van der Waals surface area (Å²) < 4.78 is 10.6. The molecule has 4 rings (SSSR count). The van der Waals surface area contributed by atoms with E-state index < -0.39 is 11.0 Å². The second-order valence-electron chi connectivity index (χ2n) is 5.58. The van der Waals surface area contributed by atoms with Gasteiger partial charge in [-0.3, -0.25) is 13.6 Å². The van der Waals surface area contributed by atoms with Crippen LogP contribution >= 0.6 is 11.0 Å². The summed E-state index contributed by atoms with van der Waals surface area (Å²) in [6.07, 6.45) is 2.68. The second-order valence-corrected chi connectivity index (χ2v) is 6.76. The highest BCUT2D eigenvalue weighted by molar-refractivity contribution is 8.10. The Kier molecular flexibility index (Phi) is 2.15. The minimum atomic E-state index is -0.723. The van der Waals surface area contributed by atoms with Crippen LogP contribution < -0.4 is 0 Å². The van der Waals surface area contributed by atoms with Crippen LogP contribution in [0.25, 0.3) is 0 Å². The molecule has 0 bridgehead atoms. The van der Waals surface area contributed by atoms with Gasteiger partial charge in [-0.15, -0.1) is 0 Å². The molecule has 0 aromatic carbocycles. The zero-order chi connectivity index (χ0) is 13.0. The third-order valence-corrected chi connectivity index (χ3v) is 4.94. The van der Waals surface area contributed by atoms with E-state index in [1.807, 2.05) is 24.4 Å². The molecule has 0 amide bonds. The Balaban J connectivity index is 1.88. The van der Waals surface area contributed by atoms with Crippen LogP contribution in [-0.4, -0.2) is 21.3 Å². The lowest BCUT2D eigenvalue weighted by Crippen LogP contribution is -2.43. The monoisotopic (exact) mass is 275 g/mol. The third-order valence-electron chi connectivity index (χ3n) is 3.74. The standard InChI is InChI=1S/C13H13N3O2S/c1-13(2)7-9-12-11(16-18-19(12)17-15-9)10(13)8-5-3-4-6-14-8/h3-6,10H,7H2,1-2H3. The summed E-state index contributed by atoms with van der Waals surface area (Å²) in [6.45, 7) is 4.42. The van der Waals surface area contributed by atoms with Crippen molar-refractivity contribution in [2.75, 3.05) is 0 Å². The van der Waals surface area contributed by atoms with Gasteiger partial charge in [0, 0.05) is 12.6 Å². The summed E-state index contributed by atoms with van der Waals surface area (Å²) in [5.74, 6) is 0.127. The van der Waals surface area contributed by atoms with E-state index in [9.17, 15) is 0 Å². The number of rotatable bonds is 1. The summed E-state index contributed by atoms with van der Waals surface area (Å²) in [6, 6.07) is 5.98. The number of hydrogen-bond donors (Lipinski definition) is 0. The Morgan fingerprint density at radius 1 is 1.26 bits per heavy atom. The van der Waals surface area contributed by atoms with Gasteiger partial charge in [0.25, 0.3) is 0 Å². The molecule has 1 aromatic rings. The van der Waals surface area contributed by atoms with Crippen LogP contribution in [0.2, 0.25) is 0 Å². The normalized spacial score (nSPS) is 30.1. The van der Waals surface area contributed by atoms with Crippen LogP contribution in [0.3, 0.4) is 0 Å². The molecule has 2 atom stereocenters. The lowest BCUT2D eigenvalue weighted by molar-refractivity contribution is 0.291. The van der Waals surface area contributed by atoms with Crippen LogP contribution in [0.5, 0.6) is 0 Å². The van der Waals surface area contributed by atoms with Crippen molar-refractivity contribution in [3.8, 4) is 0 Å². The average molecular weight is 275 g/mol. The fraction of sp³-hybridized carbons (Fsp3) is 0.385. The van der Waals surface area contributed by atoms with E-state index in [4.69, 9.17) is 8.57 Å². The van der Waals surface area contributed by atoms with Crippen LogP contribution in [0.4, 0.5) is 0 Å². The molecule has 3 heterocycles. The van der Waals surface area contributed by atoms with E-state index in [-0.39, 0.29) is 11.3 Å². The van der Waals surface area contributed by atoms with E-state index >= 15 is 0 Å². The molecule has 1 aromatic heterocycles. The lowest BCUT2D eigenvalue weighted by atomic mass is 9.65. The van der Waals surface area contributed by atoms with Crippen molar-refractivity contribution >= 4 is 27.3 Å². The van der Waals surface area contributed by atoms with E-state index in [1.54, 1.807) is 0 Å². The van der Waals surface area contributed by atoms with Crippen LogP contribution in [0.15, 0.2) is 34.7 Å². The van der Waals surface area contributed by atoms with Gasteiger partial charge >= 0.3 is 0 Å². The first-order valence-corrected chi connectivity index (χ1v) is 7.27. The molecule has 3 aliphatic rings. The molecule has 5 nitrogen and oxygen atoms in total. The number of hydrogen-bond acceptors (Lipinski definition) is 5. The van der Waals surface area contributed by atoms with Crippen LogP contribution in [0, 0.1) is 5.41 Å². The van der Waals surface area contributed by atoms with Gasteiger partial charge in [0.05, 0.1) is 11.6 Å². The van der Waals surface area contributed by atoms with Gasteiger partial charge in [0.15, 0.2) is 0 Å². The first-order chi connectivity index (χ1) is 9.17. The fourth-order valence-electron chi connectivity index (χ4n) is 2.94. The fourth-order valence-corrected chi connectivity index (χ4v) is 4.05. The largest absolute Gasteiger partial charge is 0.288 e. The maximum absolute atomic E-state index is 5.35. The van der Waals surface area contributed by atoms with E-state index in [0.717, 1.165) is 28.4 Å². The summed E-state index contributed by atoms with van der Waals surface area (Å²) >= 11 is -0.723. The molecule has 0 N–H and O–H groups in total. The summed E-state index contributed by atoms with van der Waals surface area (Å²) in [5.41, 5.74) is 2.94. The Morgan fingerprint density at radius 3 is 2.89 bits per heavy atom. The zero-order valence-corrected chi connectivity index (χ0v) is 11.5. The smallest absolute Gasteiger partial charge is 0.248 e. The molecule has 1 aliphatic carbocycles. The van der Waals surface area contributed by atoms with Crippen molar-refractivity contribution in [1.29, 1.82) is 0 Å². The summed E-state index contributed by atoms with van der Waals surface area (Å²) in [7, 11) is 0. The van der Waals surface area contributed by atoms with Gasteiger partial charge in [0.1, 0.15) is 16.3 Å². The maximum Gasteiger partial charge on any atom is 0.248 e. The van der Waals surface area contributed by atoms with Gasteiger partial charge in [0.2, 0.25) is 11.0 Å². The molecule has 0 spiro atoms. The Morgan fingerprint density at radius 2 is 2.11 bits per heavy atom. The SMILES string of the molecule is CC1(C)CC2=NOS3=C2C(=NO3)C1c1ccccn1. The van der Waals surface area contributed by atoms with Crippen molar-refractivity contribution in [3.63, 3.8) is 0 Å². The molecular formula is C13H13N3O2S. The minimum absolute atomic E-state index is 0.00799. The third kappa shape index (κ3) is 1.49. The molecule has 2 aliphatic heterocycles. The minimum Gasteiger partial charge on any atom is -0.288 e. The molecule has 6 heteroatoms.